The van der Waals surface area contributed by atoms with Gasteiger partial charge in [-0.05, 0) is 50.5 Å². The zero-order chi connectivity index (χ0) is 25.8. The molecule has 1 aromatic heterocycles. The standard InChI is InChI=1S/C27H35N7O3/c1-19-25(17-30-31-26(19)35)34-8-2-3-23(34)18-37-24-13-21(15-29-16-24)27(36)33-11-9-32(10-12-33)22-6-4-20(14-28)5-7-22/h4-7,17,21,23-24,29H,2-3,8-13,15-16,18H2,1H3,(H,31,35)/t21-,23-,24-/m0/s1. The van der Waals surface area contributed by atoms with E-state index >= 15 is 0 Å². The van der Waals surface area contributed by atoms with Crippen molar-refractivity contribution in [1.29, 1.82) is 5.26 Å². The number of hydrogen-bond acceptors (Lipinski definition) is 8. The van der Waals surface area contributed by atoms with Crippen LogP contribution in [-0.4, -0.2) is 85.6 Å². The molecule has 10 heteroatoms. The maximum atomic E-state index is 13.3. The molecule has 0 saturated carbocycles. The fourth-order valence-electron chi connectivity index (χ4n) is 5.72. The van der Waals surface area contributed by atoms with E-state index in [2.05, 4.69) is 31.4 Å². The van der Waals surface area contributed by atoms with Gasteiger partial charge in [-0.1, -0.05) is 0 Å². The van der Waals surface area contributed by atoms with Gasteiger partial charge in [0.05, 0.1) is 48.2 Å². The van der Waals surface area contributed by atoms with Gasteiger partial charge in [0.1, 0.15) is 0 Å². The number of carbonyl (C=O) groups excluding carboxylic acids is 1. The SMILES string of the molecule is Cc1c(N2CCC[C@H]2CO[C@@H]2CNC[C@@H](C(=O)N3CCN(c4ccc(C#N)cc4)CC3)C2)cn[nH]c1=O. The van der Waals surface area contributed by atoms with Gasteiger partial charge in [-0.2, -0.15) is 10.4 Å². The van der Waals surface area contributed by atoms with E-state index in [1.165, 1.54) is 0 Å². The minimum absolute atomic E-state index is 0.0107. The lowest BCUT2D eigenvalue weighted by Gasteiger charge is -2.39. The summed E-state index contributed by atoms with van der Waals surface area (Å²) in [6.45, 7) is 7.68. The molecule has 0 aliphatic carbocycles. The van der Waals surface area contributed by atoms with Gasteiger partial charge in [-0.3, -0.25) is 9.59 Å². The molecule has 0 radical (unpaired) electrons. The van der Waals surface area contributed by atoms with Crippen LogP contribution in [0.4, 0.5) is 11.4 Å². The van der Waals surface area contributed by atoms with Crippen LogP contribution in [0.2, 0.25) is 0 Å². The maximum Gasteiger partial charge on any atom is 0.269 e. The summed E-state index contributed by atoms with van der Waals surface area (Å²) in [5, 5.41) is 18.9. The normalized spacial score (nSPS) is 24.2. The molecule has 4 heterocycles. The number of benzene rings is 1. The van der Waals surface area contributed by atoms with E-state index in [1.807, 2.05) is 36.1 Å². The van der Waals surface area contributed by atoms with Crippen LogP contribution in [0.15, 0.2) is 35.3 Å². The molecule has 1 amide bonds. The van der Waals surface area contributed by atoms with E-state index in [9.17, 15) is 9.59 Å². The number of ether oxygens (including phenoxy) is 1. The number of aromatic nitrogens is 2. The molecule has 3 fully saturated rings. The number of rotatable bonds is 6. The van der Waals surface area contributed by atoms with E-state index in [-0.39, 0.29) is 29.5 Å². The Morgan fingerprint density at radius 1 is 1.16 bits per heavy atom. The fraction of sp³-hybridized carbons (Fsp3) is 0.556. The van der Waals surface area contributed by atoms with Crippen molar-refractivity contribution < 1.29 is 9.53 Å². The monoisotopic (exact) mass is 505 g/mol. The molecule has 1 aromatic carbocycles. The molecule has 0 bridgehead atoms. The van der Waals surface area contributed by atoms with Crippen LogP contribution >= 0.6 is 0 Å². The van der Waals surface area contributed by atoms with Crippen molar-refractivity contribution >= 4 is 17.3 Å². The lowest BCUT2D eigenvalue weighted by atomic mass is 9.95. The number of nitrogens with one attached hydrogen (secondary N) is 2. The first kappa shape index (κ1) is 25.2. The molecule has 37 heavy (non-hydrogen) atoms. The number of piperidine rings is 1. The summed E-state index contributed by atoms with van der Waals surface area (Å²) < 4.78 is 6.34. The first-order valence-corrected chi connectivity index (χ1v) is 13.2. The number of hydrogen-bond donors (Lipinski definition) is 2. The van der Waals surface area contributed by atoms with Gasteiger partial charge < -0.3 is 24.8 Å². The Morgan fingerprint density at radius 2 is 1.95 bits per heavy atom. The van der Waals surface area contributed by atoms with Crippen LogP contribution in [0.3, 0.4) is 0 Å². The van der Waals surface area contributed by atoms with Crippen molar-refractivity contribution in [3.8, 4) is 6.07 Å². The number of H-pyrrole nitrogens is 1. The quantitative estimate of drug-likeness (QED) is 0.603. The van der Waals surface area contributed by atoms with Crippen molar-refractivity contribution in [2.75, 3.05) is 62.2 Å². The molecule has 3 aliphatic heterocycles. The number of piperazine rings is 1. The Kier molecular flexibility index (Phi) is 7.72. The number of nitriles is 1. The Labute approximate surface area is 217 Å². The lowest BCUT2D eigenvalue weighted by molar-refractivity contribution is -0.138. The highest BCUT2D eigenvalue weighted by Crippen LogP contribution is 2.27. The predicted molar refractivity (Wildman–Crippen MR) is 141 cm³/mol. The smallest absolute Gasteiger partial charge is 0.269 e. The second-order valence-corrected chi connectivity index (χ2v) is 10.2. The number of anilines is 2. The Balaban J connectivity index is 1.12. The third kappa shape index (κ3) is 5.63. The maximum absolute atomic E-state index is 13.3. The van der Waals surface area contributed by atoms with E-state index < -0.39 is 0 Å². The lowest BCUT2D eigenvalue weighted by Crippen LogP contribution is -2.54. The molecule has 2 aromatic rings. The van der Waals surface area contributed by atoms with Crippen molar-refractivity contribution in [2.45, 2.75) is 38.3 Å². The first-order valence-electron chi connectivity index (χ1n) is 13.2. The van der Waals surface area contributed by atoms with Gasteiger partial charge in [0, 0.05) is 57.1 Å². The van der Waals surface area contributed by atoms with Crippen LogP contribution in [-0.2, 0) is 9.53 Å². The molecule has 3 saturated heterocycles. The summed E-state index contributed by atoms with van der Waals surface area (Å²) in [4.78, 5) is 31.8. The summed E-state index contributed by atoms with van der Waals surface area (Å²) in [7, 11) is 0. The molecule has 10 nitrogen and oxygen atoms in total. The van der Waals surface area contributed by atoms with Crippen LogP contribution in [0.1, 0.15) is 30.4 Å². The number of carbonyl (C=O) groups is 1. The van der Waals surface area contributed by atoms with Crippen LogP contribution in [0, 0.1) is 24.2 Å². The molecule has 3 atom stereocenters. The van der Waals surface area contributed by atoms with Gasteiger partial charge in [0.25, 0.3) is 5.56 Å². The van der Waals surface area contributed by atoms with Crippen molar-refractivity contribution in [3.05, 3.63) is 51.9 Å². The van der Waals surface area contributed by atoms with Crippen molar-refractivity contribution in [2.24, 2.45) is 5.92 Å². The van der Waals surface area contributed by atoms with Gasteiger partial charge in [-0.15, -0.1) is 0 Å². The molecule has 5 rings (SSSR count). The summed E-state index contributed by atoms with van der Waals surface area (Å²) >= 11 is 0. The van der Waals surface area contributed by atoms with Gasteiger partial charge >= 0.3 is 0 Å². The van der Waals surface area contributed by atoms with Crippen molar-refractivity contribution in [3.63, 3.8) is 0 Å². The second-order valence-electron chi connectivity index (χ2n) is 10.2. The fourth-order valence-corrected chi connectivity index (χ4v) is 5.72. The zero-order valence-electron chi connectivity index (χ0n) is 21.4. The Hall–Kier alpha value is -3.42. The highest BCUT2D eigenvalue weighted by atomic mass is 16.5. The van der Waals surface area contributed by atoms with Crippen LogP contribution in [0.25, 0.3) is 0 Å². The molecular formula is C27H35N7O3. The largest absolute Gasteiger partial charge is 0.375 e. The summed E-state index contributed by atoms with van der Waals surface area (Å²) in [6.07, 6.45) is 4.51. The van der Waals surface area contributed by atoms with E-state index in [1.54, 1.807) is 6.20 Å². The van der Waals surface area contributed by atoms with Gasteiger partial charge in [-0.25, -0.2) is 5.10 Å². The second kappa shape index (κ2) is 11.3. The van der Waals surface area contributed by atoms with Gasteiger partial charge in [0.2, 0.25) is 5.91 Å². The van der Waals surface area contributed by atoms with E-state index in [0.29, 0.717) is 37.4 Å². The third-order valence-corrected chi connectivity index (χ3v) is 7.90. The summed E-state index contributed by atoms with van der Waals surface area (Å²) in [5.41, 5.74) is 3.16. The molecule has 0 unspecified atom stereocenters. The molecule has 0 spiro atoms. The third-order valence-electron chi connectivity index (χ3n) is 7.90. The average Bonchev–Trinajstić information content (AvgIpc) is 3.42. The highest BCUT2D eigenvalue weighted by molar-refractivity contribution is 5.79. The van der Waals surface area contributed by atoms with E-state index in [0.717, 1.165) is 56.8 Å². The first-order chi connectivity index (χ1) is 18.0. The number of aromatic amines is 1. The van der Waals surface area contributed by atoms with Gasteiger partial charge in [0.15, 0.2) is 0 Å². The summed E-state index contributed by atoms with van der Waals surface area (Å²) in [6, 6.07) is 9.98. The minimum Gasteiger partial charge on any atom is -0.375 e. The topological polar surface area (TPSA) is 118 Å². The Morgan fingerprint density at radius 3 is 2.70 bits per heavy atom. The molecule has 2 N–H and O–H groups in total. The van der Waals surface area contributed by atoms with Crippen LogP contribution < -0.4 is 20.7 Å². The summed E-state index contributed by atoms with van der Waals surface area (Å²) in [5.74, 6) is 0.118. The van der Waals surface area contributed by atoms with Crippen LogP contribution in [0.5, 0.6) is 0 Å². The average molecular weight is 506 g/mol. The predicted octanol–water partition coefficient (Wildman–Crippen LogP) is 1.26. The zero-order valence-corrected chi connectivity index (χ0v) is 21.4. The van der Waals surface area contributed by atoms with E-state index in [4.69, 9.17) is 10.00 Å². The molecule has 196 valence electrons. The minimum atomic E-state index is -0.153. The van der Waals surface area contributed by atoms with Crippen molar-refractivity contribution in [1.82, 2.24) is 20.4 Å². The Bertz CT molecular complexity index is 1180. The number of nitrogens with zero attached hydrogens (tertiary/aromatic N) is 5. The molecular weight excluding hydrogens is 470 g/mol. The molecule has 3 aliphatic rings. The number of amides is 1. The highest BCUT2D eigenvalue weighted by Gasteiger charge is 2.34.